The predicted molar refractivity (Wildman–Crippen MR) is 105 cm³/mol. The van der Waals surface area contributed by atoms with Gasteiger partial charge in [0.05, 0.1) is 12.8 Å². The lowest BCUT2D eigenvalue weighted by Crippen LogP contribution is -2.16. The van der Waals surface area contributed by atoms with Gasteiger partial charge in [0.25, 0.3) is 5.56 Å². The summed E-state index contributed by atoms with van der Waals surface area (Å²) in [7, 11) is 1.62. The van der Waals surface area contributed by atoms with Crippen molar-refractivity contribution < 1.29 is 4.74 Å². The van der Waals surface area contributed by atoms with Crippen molar-refractivity contribution in [2.45, 2.75) is 20.3 Å². The van der Waals surface area contributed by atoms with Gasteiger partial charge in [-0.15, -0.1) is 11.3 Å². The molecule has 0 unspecified atom stereocenters. The van der Waals surface area contributed by atoms with E-state index in [1.165, 1.54) is 15.7 Å². The van der Waals surface area contributed by atoms with Crippen LogP contribution in [0.4, 0.5) is 0 Å². The maximum absolute atomic E-state index is 12.9. The number of nitrogens with zero attached hydrogens (tertiary/aromatic N) is 5. The van der Waals surface area contributed by atoms with E-state index in [0.717, 1.165) is 17.9 Å². The predicted octanol–water partition coefficient (Wildman–Crippen LogP) is 3.21. The summed E-state index contributed by atoms with van der Waals surface area (Å²) in [6, 6.07) is 7.50. The average Bonchev–Trinajstić information content (AvgIpc) is 3.29. The van der Waals surface area contributed by atoms with Crippen LogP contribution in [0.25, 0.3) is 22.0 Å². The van der Waals surface area contributed by atoms with E-state index < -0.39 is 0 Å². The zero-order chi connectivity index (χ0) is 19.0. The topological polar surface area (TPSA) is 74.3 Å². The Balaban J connectivity index is 1.90. The molecule has 4 rings (SSSR count). The van der Waals surface area contributed by atoms with Crippen molar-refractivity contribution in [3.63, 3.8) is 0 Å². The Bertz CT molecular complexity index is 1140. The molecule has 0 saturated carbocycles. The molecule has 0 radical (unpaired) electrons. The first-order valence-electron chi connectivity index (χ1n) is 8.62. The summed E-state index contributed by atoms with van der Waals surface area (Å²) in [5.74, 6) is 2.35. The number of benzene rings is 1. The van der Waals surface area contributed by atoms with Crippen LogP contribution in [0.5, 0.6) is 5.75 Å². The summed E-state index contributed by atoms with van der Waals surface area (Å²) >= 11 is 1.42. The van der Waals surface area contributed by atoms with E-state index >= 15 is 0 Å². The molecule has 3 aromatic heterocycles. The molecule has 0 saturated heterocycles. The second kappa shape index (κ2) is 6.96. The molecule has 8 heteroatoms. The van der Waals surface area contributed by atoms with Crippen LogP contribution in [0.15, 0.2) is 46.8 Å². The average molecular weight is 381 g/mol. The Morgan fingerprint density at radius 2 is 2.00 bits per heavy atom. The van der Waals surface area contributed by atoms with Crippen LogP contribution in [0.1, 0.15) is 19.7 Å². The molecule has 0 fully saturated rings. The Morgan fingerprint density at radius 3 is 2.70 bits per heavy atom. The van der Waals surface area contributed by atoms with E-state index in [0.29, 0.717) is 28.1 Å². The quantitative estimate of drug-likeness (QED) is 0.531. The number of fused-ring (bicyclic) bond motifs is 1. The van der Waals surface area contributed by atoms with Crippen LogP contribution in [0, 0.1) is 5.92 Å². The van der Waals surface area contributed by atoms with Gasteiger partial charge in [0.15, 0.2) is 16.6 Å². The van der Waals surface area contributed by atoms with Crippen molar-refractivity contribution in [3.8, 4) is 22.8 Å². The maximum atomic E-state index is 12.9. The van der Waals surface area contributed by atoms with Crippen molar-refractivity contribution in [1.29, 1.82) is 0 Å². The molecule has 1 aromatic carbocycles. The van der Waals surface area contributed by atoms with Crippen molar-refractivity contribution in [2.75, 3.05) is 7.11 Å². The van der Waals surface area contributed by atoms with Crippen molar-refractivity contribution in [2.24, 2.45) is 5.92 Å². The molecular formula is C19H19N5O2S. The van der Waals surface area contributed by atoms with E-state index in [-0.39, 0.29) is 5.56 Å². The summed E-state index contributed by atoms with van der Waals surface area (Å²) < 4.78 is 8.47. The van der Waals surface area contributed by atoms with Gasteiger partial charge in [0, 0.05) is 24.2 Å². The van der Waals surface area contributed by atoms with Crippen molar-refractivity contribution in [1.82, 2.24) is 24.1 Å². The summed E-state index contributed by atoms with van der Waals surface area (Å²) in [5.41, 5.74) is 1.08. The molecule has 4 aromatic rings. The number of hydrogen-bond donors (Lipinski definition) is 0. The monoisotopic (exact) mass is 381 g/mol. The number of aromatic nitrogens is 5. The summed E-state index contributed by atoms with van der Waals surface area (Å²) in [5, 5.41) is 6.49. The number of ether oxygens (including phenoxy) is 1. The minimum absolute atomic E-state index is 0.153. The Morgan fingerprint density at radius 1 is 1.22 bits per heavy atom. The van der Waals surface area contributed by atoms with Gasteiger partial charge < -0.3 is 4.74 Å². The SMILES string of the molecule is COc1ccc(-n2nc(CC(C)C)nc2-c2cnc3sccn3c2=O)cc1. The highest BCUT2D eigenvalue weighted by molar-refractivity contribution is 7.15. The van der Waals surface area contributed by atoms with Gasteiger partial charge >= 0.3 is 0 Å². The fourth-order valence-corrected chi connectivity index (χ4v) is 3.54. The lowest BCUT2D eigenvalue weighted by atomic mass is 10.1. The van der Waals surface area contributed by atoms with E-state index in [4.69, 9.17) is 4.74 Å². The zero-order valence-corrected chi connectivity index (χ0v) is 16.1. The molecule has 3 heterocycles. The van der Waals surface area contributed by atoms with E-state index in [1.54, 1.807) is 24.2 Å². The van der Waals surface area contributed by atoms with Gasteiger partial charge in [-0.05, 0) is 30.2 Å². The van der Waals surface area contributed by atoms with Gasteiger partial charge in [0.2, 0.25) is 0 Å². The molecule has 27 heavy (non-hydrogen) atoms. The normalized spacial score (nSPS) is 11.4. The lowest BCUT2D eigenvalue weighted by Gasteiger charge is -2.07. The second-order valence-electron chi connectivity index (χ2n) is 6.59. The van der Waals surface area contributed by atoms with Gasteiger partial charge in [-0.1, -0.05) is 13.8 Å². The molecule has 0 aliphatic carbocycles. The Kier molecular flexibility index (Phi) is 4.49. The largest absolute Gasteiger partial charge is 0.497 e. The first kappa shape index (κ1) is 17.4. The molecular weight excluding hydrogens is 362 g/mol. The molecule has 0 spiro atoms. The van der Waals surface area contributed by atoms with Crippen LogP contribution in [-0.4, -0.2) is 31.3 Å². The van der Waals surface area contributed by atoms with Gasteiger partial charge in [-0.2, -0.15) is 5.10 Å². The highest BCUT2D eigenvalue weighted by Crippen LogP contribution is 2.22. The smallest absolute Gasteiger partial charge is 0.269 e. The number of methoxy groups -OCH3 is 1. The highest BCUT2D eigenvalue weighted by Gasteiger charge is 2.19. The molecule has 138 valence electrons. The summed E-state index contributed by atoms with van der Waals surface area (Å²) in [4.78, 5) is 22.6. The fraction of sp³-hybridized carbons (Fsp3) is 0.263. The third-order valence-electron chi connectivity index (χ3n) is 4.14. The molecule has 0 atom stereocenters. The van der Waals surface area contributed by atoms with Gasteiger partial charge in [0.1, 0.15) is 11.3 Å². The molecule has 0 amide bonds. The zero-order valence-electron chi connectivity index (χ0n) is 15.3. The molecule has 7 nitrogen and oxygen atoms in total. The van der Waals surface area contributed by atoms with Crippen LogP contribution >= 0.6 is 11.3 Å². The van der Waals surface area contributed by atoms with Crippen molar-refractivity contribution >= 4 is 16.3 Å². The number of thiazole rings is 1. The van der Waals surface area contributed by atoms with E-state index in [2.05, 4.69) is 28.9 Å². The van der Waals surface area contributed by atoms with Crippen LogP contribution in [0.3, 0.4) is 0 Å². The van der Waals surface area contributed by atoms with E-state index in [1.807, 2.05) is 29.6 Å². The van der Waals surface area contributed by atoms with Crippen molar-refractivity contribution in [3.05, 3.63) is 58.2 Å². The Hall–Kier alpha value is -3.00. The fourth-order valence-electron chi connectivity index (χ4n) is 2.86. The molecule has 0 bridgehead atoms. The minimum Gasteiger partial charge on any atom is -0.497 e. The first-order valence-corrected chi connectivity index (χ1v) is 9.50. The number of rotatable bonds is 5. The molecule has 0 aliphatic heterocycles. The van der Waals surface area contributed by atoms with E-state index in [9.17, 15) is 4.79 Å². The first-order chi connectivity index (χ1) is 13.1. The third kappa shape index (κ3) is 3.23. The standard InChI is InChI=1S/C19H19N5O2S/c1-12(2)10-16-21-17(15-11-20-19-23(18(15)25)8-9-27-19)24(22-16)13-4-6-14(26-3)7-5-13/h4-9,11-12H,10H2,1-3H3. The van der Waals surface area contributed by atoms with Crippen LogP contribution in [-0.2, 0) is 6.42 Å². The van der Waals surface area contributed by atoms with Crippen LogP contribution < -0.4 is 10.3 Å². The van der Waals surface area contributed by atoms with Gasteiger partial charge in [-0.3, -0.25) is 9.20 Å². The summed E-state index contributed by atoms with van der Waals surface area (Å²) in [6.45, 7) is 4.23. The molecule has 0 N–H and O–H groups in total. The maximum Gasteiger partial charge on any atom is 0.269 e. The second-order valence-corrected chi connectivity index (χ2v) is 7.47. The number of hydrogen-bond acceptors (Lipinski definition) is 6. The van der Waals surface area contributed by atoms with Crippen LogP contribution in [0.2, 0.25) is 0 Å². The van der Waals surface area contributed by atoms with Gasteiger partial charge in [-0.25, -0.2) is 14.6 Å². The Labute approximate surface area is 159 Å². The summed E-state index contributed by atoms with van der Waals surface area (Å²) in [6.07, 6.45) is 4.03. The molecule has 0 aliphatic rings. The lowest BCUT2D eigenvalue weighted by molar-refractivity contribution is 0.414. The third-order valence-corrected chi connectivity index (χ3v) is 4.91. The minimum atomic E-state index is -0.153. The highest BCUT2D eigenvalue weighted by atomic mass is 32.1.